The Kier molecular flexibility index (Phi) is 3.11. The Labute approximate surface area is 102 Å². The number of aliphatic hydroxyl groups excluding tert-OH is 2. The summed E-state index contributed by atoms with van der Waals surface area (Å²) in [5, 5.41) is 29.0. The molecule has 2 rings (SSSR count). The third-order valence-electron chi connectivity index (χ3n) is 3.04. The molecular weight excluding hydrogens is 242 g/mol. The molecule has 2 unspecified atom stereocenters. The minimum absolute atomic E-state index is 0.0492. The SMILES string of the molecule is C[C@@]1(O)C(O)C(CO)O[C@H]1n1ccc(N)nc1=O. The minimum Gasteiger partial charge on any atom is -0.394 e. The largest absolute Gasteiger partial charge is 0.394 e. The molecule has 18 heavy (non-hydrogen) atoms. The molecule has 4 atom stereocenters. The molecule has 8 nitrogen and oxygen atoms in total. The molecule has 0 spiro atoms. The standard InChI is InChI=1S/C10H15N3O5/c1-10(17)7(15)5(4-14)18-8(10)13-3-2-6(11)12-9(13)16/h2-3,5,7-8,14-15,17H,4H2,1H3,(H2,11,12,16)/t5?,7?,8-,10-/m1/s1. The van der Waals surface area contributed by atoms with E-state index in [9.17, 15) is 15.0 Å². The number of rotatable bonds is 2. The maximum Gasteiger partial charge on any atom is 0.351 e. The van der Waals surface area contributed by atoms with Crippen molar-refractivity contribution in [3.8, 4) is 0 Å². The molecule has 8 heteroatoms. The van der Waals surface area contributed by atoms with Gasteiger partial charge in [-0.05, 0) is 13.0 Å². The first-order valence-corrected chi connectivity index (χ1v) is 5.39. The van der Waals surface area contributed by atoms with Crippen LogP contribution in [0.4, 0.5) is 5.82 Å². The second-order valence-electron chi connectivity index (χ2n) is 4.42. The molecular formula is C10H15N3O5. The van der Waals surface area contributed by atoms with E-state index in [0.29, 0.717) is 0 Å². The van der Waals surface area contributed by atoms with Crippen molar-refractivity contribution < 1.29 is 20.1 Å². The Morgan fingerprint density at radius 3 is 2.83 bits per heavy atom. The molecule has 1 aromatic rings. The number of aromatic nitrogens is 2. The van der Waals surface area contributed by atoms with Crippen molar-refractivity contribution in [1.29, 1.82) is 0 Å². The zero-order chi connectivity index (χ0) is 13.5. The number of anilines is 1. The highest BCUT2D eigenvalue weighted by molar-refractivity contribution is 5.23. The van der Waals surface area contributed by atoms with Crippen molar-refractivity contribution >= 4 is 5.82 Å². The number of nitrogens with zero attached hydrogens (tertiary/aromatic N) is 2. The van der Waals surface area contributed by atoms with E-state index in [1.807, 2.05) is 0 Å². The fourth-order valence-electron chi connectivity index (χ4n) is 1.99. The van der Waals surface area contributed by atoms with Crippen LogP contribution in [0.1, 0.15) is 13.2 Å². The van der Waals surface area contributed by atoms with Gasteiger partial charge in [0.25, 0.3) is 0 Å². The molecule has 1 saturated heterocycles. The summed E-state index contributed by atoms with van der Waals surface area (Å²) in [4.78, 5) is 15.2. The van der Waals surface area contributed by atoms with Gasteiger partial charge < -0.3 is 25.8 Å². The lowest BCUT2D eigenvalue weighted by Gasteiger charge is -2.27. The summed E-state index contributed by atoms with van der Waals surface area (Å²) in [5.74, 6) is 0.0492. The molecule has 5 N–H and O–H groups in total. The molecule has 0 saturated carbocycles. The molecule has 1 aliphatic rings. The van der Waals surface area contributed by atoms with Gasteiger partial charge in [-0.15, -0.1) is 0 Å². The Morgan fingerprint density at radius 2 is 2.33 bits per heavy atom. The van der Waals surface area contributed by atoms with Crippen LogP contribution < -0.4 is 11.4 Å². The van der Waals surface area contributed by atoms with Crippen molar-refractivity contribution in [2.45, 2.75) is 31.0 Å². The van der Waals surface area contributed by atoms with Gasteiger partial charge in [0.15, 0.2) is 6.23 Å². The molecule has 0 aliphatic carbocycles. The fraction of sp³-hybridized carbons (Fsp3) is 0.600. The lowest BCUT2D eigenvalue weighted by atomic mass is 9.96. The van der Waals surface area contributed by atoms with Gasteiger partial charge in [-0.1, -0.05) is 0 Å². The van der Waals surface area contributed by atoms with E-state index in [2.05, 4.69) is 4.98 Å². The third-order valence-corrected chi connectivity index (χ3v) is 3.04. The summed E-state index contributed by atoms with van der Waals surface area (Å²) < 4.78 is 6.30. The van der Waals surface area contributed by atoms with Crippen LogP contribution in [0.15, 0.2) is 17.1 Å². The highest BCUT2D eigenvalue weighted by atomic mass is 16.6. The van der Waals surface area contributed by atoms with E-state index in [1.165, 1.54) is 19.2 Å². The van der Waals surface area contributed by atoms with E-state index < -0.39 is 36.3 Å². The topological polar surface area (TPSA) is 131 Å². The predicted octanol–water partition coefficient (Wildman–Crippen LogP) is -2.17. The van der Waals surface area contributed by atoms with Crippen LogP contribution in [0.5, 0.6) is 0 Å². The van der Waals surface area contributed by atoms with Crippen LogP contribution in [0, 0.1) is 0 Å². The second kappa shape index (κ2) is 4.32. The number of ether oxygens (including phenoxy) is 1. The molecule has 0 aromatic carbocycles. The van der Waals surface area contributed by atoms with E-state index in [0.717, 1.165) is 4.57 Å². The van der Waals surface area contributed by atoms with Crippen LogP contribution in [-0.4, -0.2) is 49.3 Å². The number of hydrogen-bond donors (Lipinski definition) is 4. The molecule has 1 aliphatic heterocycles. The molecule has 0 amide bonds. The van der Waals surface area contributed by atoms with Gasteiger partial charge in [0, 0.05) is 6.20 Å². The molecule has 100 valence electrons. The summed E-state index contributed by atoms with van der Waals surface area (Å²) in [7, 11) is 0. The lowest BCUT2D eigenvalue weighted by Crippen LogP contribution is -2.46. The molecule has 1 fully saturated rings. The van der Waals surface area contributed by atoms with E-state index in [4.69, 9.17) is 15.6 Å². The molecule has 2 heterocycles. The van der Waals surface area contributed by atoms with Crippen molar-refractivity contribution in [2.75, 3.05) is 12.3 Å². The monoisotopic (exact) mass is 257 g/mol. The Balaban J connectivity index is 2.42. The minimum atomic E-state index is -1.71. The van der Waals surface area contributed by atoms with Gasteiger partial charge in [-0.2, -0.15) is 4.98 Å². The summed E-state index contributed by atoms with van der Waals surface area (Å²) in [5.41, 5.74) is 2.94. The van der Waals surface area contributed by atoms with Crippen molar-refractivity contribution in [2.24, 2.45) is 0 Å². The van der Waals surface area contributed by atoms with Crippen LogP contribution in [0.2, 0.25) is 0 Å². The normalized spacial score (nSPS) is 35.9. The zero-order valence-electron chi connectivity index (χ0n) is 9.72. The third kappa shape index (κ3) is 1.89. The highest BCUT2D eigenvalue weighted by Crippen LogP contribution is 2.37. The number of nitrogen functional groups attached to an aromatic ring is 1. The molecule has 0 bridgehead atoms. The van der Waals surface area contributed by atoms with E-state index in [-0.39, 0.29) is 5.82 Å². The average Bonchev–Trinajstić information content (AvgIpc) is 2.52. The summed E-state index contributed by atoms with van der Waals surface area (Å²) in [6.45, 7) is 0.853. The first kappa shape index (κ1) is 13.0. The van der Waals surface area contributed by atoms with Gasteiger partial charge in [0.05, 0.1) is 6.61 Å². The summed E-state index contributed by atoms with van der Waals surface area (Å²) in [6, 6.07) is 1.37. The van der Waals surface area contributed by atoms with Gasteiger partial charge in [0.1, 0.15) is 23.6 Å². The maximum absolute atomic E-state index is 11.7. The molecule has 1 aromatic heterocycles. The van der Waals surface area contributed by atoms with Gasteiger partial charge in [-0.25, -0.2) is 4.79 Å². The average molecular weight is 257 g/mol. The highest BCUT2D eigenvalue weighted by Gasteiger charge is 2.53. The number of hydrogen-bond acceptors (Lipinski definition) is 7. The van der Waals surface area contributed by atoms with Gasteiger partial charge in [0.2, 0.25) is 0 Å². The van der Waals surface area contributed by atoms with Crippen molar-refractivity contribution in [3.05, 3.63) is 22.7 Å². The summed E-state index contributed by atoms with van der Waals surface area (Å²) >= 11 is 0. The molecule has 0 radical (unpaired) electrons. The Morgan fingerprint density at radius 1 is 1.67 bits per heavy atom. The van der Waals surface area contributed by atoms with Crippen LogP contribution >= 0.6 is 0 Å². The zero-order valence-corrected chi connectivity index (χ0v) is 9.72. The smallest absolute Gasteiger partial charge is 0.351 e. The van der Waals surface area contributed by atoms with E-state index >= 15 is 0 Å². The number of nitrogens with two attached hydrogens (primary N) is 1. The van der Waals surface area contributed by atoms with Crippen LogP contribution in [0.3, 0.4) is 0 Å². The first-order valence-electron chi connectivity index (χ1n) is 5.39. The first-order chi connectivity index (χ1) is 8.37. The van der Waals surface area contributed by atoms with Crippen LogP contribution in [0.25, 0.3) is 0 Å². The van der Waals surface area contributed by atoms with Gasteiger partial charge >= 0.3 is 5.69 Å². The Bertz CT molecular complexity index is 501. The summed E-state index contributed by atoms with van der Waals surface area (Å²) in [6.07, 6.45) is -2.09. The lowest BCUT2D eigenvalue weighted by molar-refractivity contribution is -0.0986. The van der Waals surface area contributed by atoms with Crippen molar-refractivity contribution in [3.63, 3.8) is 0 Å². The fourth-order valence-corrected chi connectivity index (χ4v) is 1.99. The van der Waals surface area contributed by atoms with Gasteiger partial charge in [-0.3, -0.25) is 4.57 Å². The van der Waals surface area contributed by atoms with E-state index in [1.54, 1.807) is 0 Å². The quantitative estimate of drug-likeness (QED) is 0.474. The second-order valence-corrected chi connectivity index (χ2v) is 4.42. The number of aliphatic hydroxyl groups is 3. The van der Waals surface area contributed by atoms with Crippen LogP contribution in [-0.2, 0) is 4.74 Å². The predicted molar refractivity (Wildman–Crippen MR) is 60.5 cm³/mol. The van der Waals surface area contributed by atoms with Crippen molar-refractivity contribution in [1.82, 2.24) is 9.55 Å². The maximum atomic E-state index is 11.7. The Hall–Kier alpha value is -1.48.